The van der Waals surface area contributed by atoms with E-state index in [1.807, 2.05) is 0 Å². The van der Waals surface area contributed by atoms with E-state index in [1.54, 1.807) is 12.1 Å². The van der Waals surface area contributed by atoms with Gasteiger partial charge in [-0.25, -0.2) is 13.1 Å². The summed E-state index contributed by atoms with van der Waals surface area (Å²) >= 11 is 0. The molecule has 3 rings (SSSR count). The van der Waals surface area contributed by atoms with Gasteiger partial charge in [0.05, 0.1) is 4.90 Å². The molecule has 1 amide bonds. The largest absolute Gasteiger partial charge is 0.349 e. The van der Waals surface area contributed by atoms with Gasteiger partial charge in [0.15, 0.2) is 0 Å². The van der Waals surface area contributed by atoms with E-state index in [-0.39, 0.29) is 35.3 Å². The highest BCUT2D eigenvalue weighted by Crippen LogP contribution is 2.22. The van der Waals surface area contributed by atoms with Gasteiger partial charge in [0.25, 0.3) is 5.91 Å². The zero-order chi connectivity index (χ0) is 16.4. The number of carbonyl (C=O) groups excluding carboxylic acids is 1. The number of carbonyl (C=O) groups is 1. The van der Waals surface area contributed by atoms with Crippen molar-refractivity contribution < 1.29 is 13.2 Å². The molecule has 1 aromatic rings. The molecule has 2 atom stereocenters. The van der Waals surface area contributed by atoms with Crippen LogP contribution >= 0.6 is 12.4 Å². The molecule has 6 nitrogen and oxygen atoms in total. The van der Waals surface area contributed by atoms with E-state index >= 15 is 0 Å². The molecule has 24 heavy (non-hydrogen) atoms. The number of hydrogen-bond donors (Lipinski definition) is 3. The number of benzene rings is 1. The molecule has 1 aromatic carbocycles. The Bertz CT molecular complexity index is 692. The number of sulfonamides is 1. The quantitative estimate of drug-likeness (QED) is 0.725. The van der Waals surface area contributed by atoms with Crippen molar-refractivity contribution in [1.29, 1.82) is 0 Å². The van der Waals surface area contributed by atoms with E-state index in [0.29, 0.717) is 11.5 Å². The lowest BCUT2D eigenvalue weighted by Crippen LogP contribution is -2.48. The topological polar surface area (TPSA) is 87.3 Å². The number of rotatable bonds is 5. The fraction of sp³-hybridized carbons (Fsp3) is 0.562. The molecule has 0 aromatic heterocycles. The van der Waals surface area contributed by atoms with Gasteiger partial charge in [-0.05, 0) is 56.5 Å². The summed E-state index contributed by atoms with van der Waals surface area (Å²) in [6.45, 7) is 3.86. The van der Waals surface area contributed by atoms with Gasteiger partial charge in [-0.2, -0.15) is 0 Å². The molecule has 0 radical (unpaired) electrons. The van der Waals surface area contributed by atoms with Gasteiger partial charge < -0.3 is 10.6 Å². The third kappa shape index (κ3) is 4.69. The second-order valence-corrected chi connectivity index (χ2v) is 8.19. The summed E-state index contributed by atoms with van der Waals surface area (Å²) in [4.78, 5) is 12.6. The second-order valence-electron chi connectivity index (χ2n) is 6.47. The van der Waals surface area contributed by atoms with Crippen LogP contribution in [0.3, 0.4) is 0 Å². The molecule has 1 heterocycles. The first kappa shape index (κ1) is 19.2. The maximum Gasteiger partial charge on any atom is 0.251 e. The molecule has 2 unspecified atom stereocenters. The van der Waals surface area contributed by atoms with Crippen LogP contribution in [0.25, 0.3) is 0 Å². The molecule has 0 bridgehead atoms. The number of piperidine rings is 1. The summed E-state index contributed by atoms with van der Waals surface area (Å²) in [5.41, 5.74) is 0.384. The van der Waals surface area contributed by atoms with E-state index in [4.69, 9.17) is 0 Å². The Kier molecular flexibility index (Phi) is 6.25. The Labute approximate surface area is 149 Å². The van der Waals surface area contributed by atoms with Crippen LogP contribution in [0.5, 0.6) is 0 Å². The summed E-state index contributed by atoms with van der Waals surface area (Å²) < 4.78 is 27.1. The molecule has 8 heteroatoms. The average Bonchev–Trinajstić information content (AvgIpc) is 3.33. The van der Waals surface area contributed by atoms with Crippen molar-refractivity contribution in [3.8, 4) is 0 Å². The second kappa shape index (κ2) is 7.82. The Morgan fingerprint density at radius 1 is 1.25 bits per heavy atom. The summed E-state index contributed by atoms with van der Waals surface area (Å²) in [5, 5.41) is 6.31. The van der Waals surface area contributed by atoms with Crippen LogP contribution < -0.4 is 15.4 Å². The first-order valence-electron chi connectivity index (χ1n) is 8.10. The highest BCUT2D eigenvalue weighted by Gasteiger charge is 2.28. The molecule has 0 spiro atoms. The maximum absolute atomic E-state index is 12.4. The molecule has 1 saturated carbocycles. The lowest BCUT2D eigenvalue weighted by atomic mass is 9.95. The summed E-state index contributed by atoms with van der Waals surface area (Å²) in [7, 11) is -3.54. The van der Waals surface area contributed by atoms with Crippen molar-refractivity contribution in [2.24, 2.45) is 5.92 Å². The molecule has 2 aliphatic rings. The molecule has 1 aliphatic carbocycles. The fourth-order valence-corrected chi connectivity index (χ4v) is 4.12. The third-order valence-corrected chi connectivity index (χ3v) is 5.93. The van der Waals surface area contributed by atoms with Gasteiger partial charge in [-0.1, -0.05) is 13.0 Å². The van der Waals surface area contributed by atoms with Gasteiger partial charge in [-0.3, -0.25) is 4.79 Å². The molecule has 2 fully saturated rings. The van der Waals surface area contributed by atoms with Crippen LogP contribution in [0, 0.1) is 5.92 Å². The maximum atomic E-state index is 12.4. The zero-order valence-corrected chi connectivity index (χ0v) is 15.3. The van der Waals surface area contributed by atoms with Crippen molar-refractivity contribution >= 4 is 28.3 Å². The van der Waals surface area contributed by atoms with Gasteiger partial charge in [0, 0.05) is 17.6 Å². The van der Waals surface area contributed by atoms with Crippen LogP contribution in [-0.2, 0) is 10.0 Å². The van der Waals surface area contributed by atoms with Crippen molar-refractivity contribution in [3.63, 3.8) is 0 Å². The lowest BCUT2D eigenvalue weighted by molar-refractivity contribution is 0.0914. The molecule has 134 valence electrons. The SMILES string of the molecule is CC1CNCCC1NC(=O)c1cccc(S(=O)(=O)NC2CC2)c1.Cl. The molecule has 1 saturated heterocycles. The zero-order valence-electron chi connectivity index (χ0n) is 13.6. The van der Waals surface area contributed by atoms with Crippen LogP contribution in [0.4, 0.5) is 0 Å². The number of nitrogens with one attached hydrogen (secondary N) is 3. The Hall–Kier alpha value is -1.15. The van der Waals surface area contributed by atoms with E-state index in [9.17, 15) is 13.2 Å². The number of amides is 1. The van der Waals surface area contributed by atoms with Crippen molar-refractivity contribution in [1.82, 2.24) is 15.4 Å². The van der Waals surface area contributed by atoms with Crippen LogP contribution in [0.1, 0.15) is 36.5 Å². The van der Waals surface area contributed by atoms with Crippen LogP contribution in [-0.4, -0.2) is 39.5 Å². The Morgan fingerprint density at radius 2 is 2.00 bits per heavy atom. The Morgan fingerprint density at radius 3 is 2.67 bits per heavy atom. The first-order chi connectivity index (χ1) is 11.0. The highest BCUT2D eigenvalue weighted by atomic mass is 35.5. The van der Waals surface area contributed by atoms with Gasteiger partial charge in [0.1, 0.15) is 0 Å². The minimum absolute atomic E-state index is 0. The third-order valence-electron chi connectivity index (χ3n) is 4.41. The minimum atomic E-state index is -3.54. The van der Waals surface area contributed by atoms with Gasteiger partial charge in [0.2, 0.25) is 10.0 Å². The van der Waals surface area contributed by atoms with Crippen LogP contribution in [0.2, 0.25) is 0 Å². The van der Waals surface area contributed by atoms with E-state index < -0.39 is 10.0 Å². The van der Waals surface area contributed by atoms with Crippen molar-refractivity contribution in [3.05, 3.63) is 29.8 Å². The lowest BCUT2D eigenvalue weighted by Gasteiger charge is -2.30. The summed E-state index contributed by atoms with van der Waals surface area (Å²) in [6, 6.07) is 6.40. The molecule has 1 aliphatic heterocycles. The smallest absolute Gasteiger partial charge is 0.251 e. The standard InChI is InChI=1S/C16H23N3O3S.ClH/c1-11-10-17-8-7-15(11)18-16(20)12-3-2-4-14(9-12)23(21,22)19-13-5-6-13;/h2-4,9,11,13,15,17,19H,5-8,10H2,1H3,(H,18,20);1H. The minimum Gasteiger partial charge on any atom is -0.349 e. The van der Waals surface area contributed by atoms with Crippen molar-refractivity contribution in [2.45, 2.75) is 43.2 Å². The van der Waals surface area contributed by atoms with E-state index in [2.05, 4.69) is 22.3 Å². The normalized spacial score (nSPS) is 24.0. The van der Waals surface area contributed by atoms with E-state index in [1.165, 1.54) is 12.1 Å². The predicted molar refractivity (Wildman–Crippen MR) is 94.9 cm³/mol. The molecule has 3 N–H and O–H groups in total. The predicted octanol–water partition coefficient (Wildman–Crippen LogP) is 1.28. The Balaban J connectivity index is 0.00000208. The fourth-order valence-electron chi connectivity index (χ4n) is 2.77. The number of halogens is 1. The monoisotopic (exact) mass is 373 g/mol. The summed E-state index contributed by atoms with van der Waals surface area (Å²) in [6.07, 6.45) is 2.65. The first-order valence-corrected chi connectivity index (χ1v) is 9.58. The highest BCUT2D eigenvalue weighted by molar-refractivity contribution is 7.89. The van der Waals surface area contributed by atoms with Gasteiger partial charge >= 0.3 is 0 Å². The summed E-state index contributed by atoms with van der Waals surface area (Å²) in [5.74, 6) is 0.142. The molecular formula is C16H24ClN3O3S. The van der Waals surface area contributed by atoms with Gasteiger partial charge in [-0.15, -0.1) is 12.4 Å². The van der Waals surface area contributed by atoms with Crippen molar-refractivity contribution in [2.75, 3.05) is 13.1 Å². The average molecular weight is 374 g/mol. The van der Waals surface area contributed by atoms with E-state index in [0.717, 1.165) is 32.4 Å². The van der Waals surface area contributed by atoms with Crippen LogP contribution in [0.15, 0.2) is 29.2 Å². The molecular weight excluding hydrogens is 350 g/mol. The number of hydrogen-bond acceptors (Lipinski definition) is 4.